The fourth-order valence-electron chi connectivity index (χ4n) is 6.74. The van der Waals surface area contributed by atoms with Crippen molar-refractivity contribution >= 4 is 11.8 Å². The molecule has 0 bridgehead atoms. The second-order valence-corrected chi connectivity index (χ2v) is 15.0. The van der Waals surface area contributed by atoms with Gasteiger partial charge in [-0.25, -0.2) is 0 Å². The molecule has 0 aliphatic rings. The van der Waals surface area contributed by atoms with E-state index in [0.29, 0.717) is 36.6 Å². The Balaban J connectivity index is 2.42. The van der Waals surface area contributed by atoms with Crippen molar-refractivity contribution in [3.63, 3.8) is 0 Å². The Morgan fingerprint density at radius 1 is 0.440 bits per heavy atom. The summed E-state index contributed by atoms with van der Waals surface area (Å²) in [4.78, 5) is 26.2. The third-order valence-electron chi connectivity index (χ3n) is 10.1. The molecule has 0 aliphatic heterocycles. The minimum Gasteiger partial charge on any atom is -0.493 e. The average molecular weight is 699 g/mol. The lowest BCUT2D eigenvalue weighted by Crippen LogP contribution is -2.26. The molecule has 1 aromatic carbocycles. The van der Waals surface area contributed by atoms with Crippen LogP contribution in [0.15, 0.2) is 18.2 Å². The molecule has 50 heavy (non-hydrogen) atoms. The van der Waals surface area contributed by atoms with Crippen LogP contribution in [0.1, 0.15) is 241 Å². The molecule has 0 aliphatic carbocycles. The fraction of sp³-hybridized carbons (Fsp3) is 0.822. The van der Waals surface area contributed by atoms with E-state index >= 15 is 0 Å². The number of hydrogen-bond acceptors (Lipinski definition) is 3. The van der Waals surface area contributed by atoms with Gasteiger partial charge in [0.05, 0.1) is 12.2 Å². The van der Waals surface area contributed by atoms with E-state index < -0.39 is 0 Å². The zero-order chi connectivity index (χ0) is 36.2. The van der Waals surface area contributed by atoms with Gasteiger partial charge in [-0.2, -0.15) is 0 Å². The van der Waals surface area contributed by atoms with Crippen molar-refractivity contribution in [2.45, 2.75) is 220 Å². The molecule has 0 saturated carbocycles. The zero-order valence-electron chi connectivity index (χ0n) is 33.5. The molecule has 5 nitrogen and oxygen atoms in total. The number of rotatable bonds is 37. The second kappa shape index (κ2) is 35.4. The summed E-state index contributed by atoms with van der Waals surface area (Å²) in [5.41, 5.74) is 1.10. The van der Waals surface area contributed by atoms with Crippen LogP contribution in [0.5, 0.6) is 5.75 Å². The highest BCUT2D eigenvalue weighted by Gasteiger charge is 2.16. The van der Waals surface area contributed by atoms with Crippen molar-refractivity contribution < 1.29 is 14.3 Å². The predicted octanol–water partition coefficient (Wildman–Crippen LogP) is 13.7. The molecule has 0 radical (unpaired) electrons. The van der Waals surface area contributed by atoms with Gasteiger partial charge in [0.25, 0.3) is 11.8 Å². The van der Waals surface area contributed by atoms with Crippen LogP contribution in [-0.4, -0.2) is 31.5 Å². The molecule has 0 spiro atoms. The SMILES string of the molecule is CCCCCCCCCCCCCCNC(=O)c1ccc(C(=O)NCCCCCCCCCCCCCC)c(OCCCCCCCCC)c1. The Morgan fingerprint density at radius 3 is 1.18 bits per heavy atom. The van der Waals surface area contributed by atoms with Crippen LogP contribution in [0.25, 0.3) is 0 Å². The normalized spacial score (nSPS) is 11.2. The minimum absolute atomic E-state index is 0.0858. The molecule has 0 heterocycles. The van der Waals surface area contributed by atoms with Gasteiger partial charge >= 0.3 is 0 Å². The van der Waals surface area contributed by atoms with Crippen molar-refractivity contribution in [2.75, 3.05) is 19.7 Å². The maximum Gasteiger partial charge on any atom is 0.255 e. The van der Waals surface area contributed by atoms with Crippen LogP contribution in [-0.2, 0) is 0 Å². The van der Waals surface area contributed by atoms with Crippen molar-refractivity contribution in [3.05, 3.63) is 29.3 Å². The molecule has 2 N–H and O–H groups in total. The molecule has 1 rings (SSSR count). The highest BCUT2D eigenvalue weighted by Crippen LogP contribution is 2.22. The van der Waals surface area contributed by atoms with E-state index in [9.17, 15) is 9.59 Å². The molecular weight excluding hydrogens is 617 g/mol. The van der Waals surface area contributed by atoms with Crippen LogP contribution < -0.4 is 15.4 Å². The smallest absolute Gasteiger partial charge is 0.255 e. The molecule has 1 aromatic rings. The largest absolute Gasteiger partial charge is 0.493 e. The van der Waals surface area contributed by atoms with Gasteiger partial charge in [0, 0.05) is 18.7 Å². The maximum atomic E-state index is 13.2. The highest BCUT2D eigenvalue weighted by molar-refractivity contribution is 6.00. The number of benzene rings is 1. The Bertz CT molecular complexity index is 918. The van der Waals surface area contributed by atoms with Crippen LogP contribution in [0.2, 0.25) is 0 Å². The lowest BCUT2D eigenvalue weighted by atomic mass is 10.1. The van der Waals surface area contributed by atoms with Crippen molar-refractivity contribution in [1.82, 2.24) is 10.6 Å². The molecule has 2 amide bonds. The standard InChI is InChI=1S/C45H82N2O3/c1-4-7-10-13-16-18-20-22-24-26-29-32-37-46-44(48)41-35-36-42(43(40-41)50-39-34-31-28-15-12-9-6-3)45(49)47-38-33-30-27-25-23-21-19-17-14-11-8-5-2/h35-36,40H,4-34,37-39H2,1-3H3,(H,46,48)(H,47,49). The van der Waals surface area contributed by atoms with E-state index in [-0.39, 0.29) is 11.8 Å². The molecule has 0 atom stereocenters. The van der Waals surface area contributed by atoms with Gasteiger partial charge in [-0.15, -0.1) is 0 Å². The Kier molecular flexibility index (Phi) is 32.5. The van der Waals surface area contributed by atoms with Crippen molar-refractivity contribution in [2.24, 2.45) is 0 Å². The number of unbranched alkanes of at least 4 members (excludes halogenated alkanes) is 28. The third-order valence-corrected chi connectivity index (χ3v) is 10.1. The van der Waals surface area contributed by atoms with Gasteiger partial charge in [0.15, 0.2) is 0 Å². The lowest BCUT2D eigenvalue weighted by molar-refractivity contribution is 0.0937. The number of ether oxygens (including phenoxy) is 1. The molecule has 0 aromatic heterocycles. The Hall–Kier alpha value is -2.04. The molecule has 290 valence electrons. The first-order valence-electron chi connectivity index (χ1n) is 22.0. The lowest BCUT2D eigenvalue weighted by Gasteiger charge is -2.14. The van der Waals surface area contributed by atoms with Gasteiger partial charge in [0.1, 0.15) is 5.75 Å². The molecular formula is C45H82N2O3. The highest BCUT2D eigenvalue weighted by atomic mass is 16.5. The fourth-order valence-corrected chi connectivity index (χ4v) is 6.74. The summed E-state index contributed by atoms with van der Waals surface area (Å²) in [5, 5.41) is 6.21. The van der Waals surface area contributed by atoms with Crippen LogP contribution in [0, 0.1) is 0 Å². The minimum atomic E-state index is -0.105. The van der Waals surface area contributed by atoms with E-state index in [0.717, 1.165) is 38.5 Å². The third kappa shape index (κ3) is 26.7. The van der Waals surface area contributed by atoms with E-state index in [4.69, 9.17) is 4.74 Å². The van der Waals surface area contributed by atoms with E-state index in [1.54, 1.807) is 18.2 Å². The molecule has 5 heteroatoms. The summed E-state index contributed by atoms with van der Waals surface area (Å²) >= 11 is 0. The van der Waals surface area contributed by atoms with Crippen molar-refractivity contribution in [1.29, 1.82) is 0 Å². The van der Waals surface area contributed by atoms with Gasteiger partial charge in [-0.1, -0.05) is 201 Å². The van der Waals surface area contributed by atoms with Gasteiger partial charge in [0.2, 0.25) is 0 Å². The predicted molar refractivity (Wildman–Crippen MR) is 217 cm³/mol. The molecule has 0 saturated heterocycles. The van der Waals surface area contributed by atoms with Crippen LogP contribution in [0.3, 0.4) is 0 Å². The second-order valence-electron chi connectivity index (χ2n) is 15.0. The summed E-state index contributed by atoms with van der Waals surface area (Å²) in [6.07, 6.45) is 39.7. The van der Waals surface area contributed by atoms with E-state index in [1.807, 2.05) is 0 Å². The average Bonchev–Trinajstić information content (AvgIpc) is 3.13. The Morgan fingerprint density at radius 2 is 0.780 bits per heavy atom. The maximum absolute atomic E-state index is 13.2. The summed E-state index contributed by atoms with van der Waals surface area (Å²) in [5.74, 6) is 0.338. The van der Waals surface area contributed by atoms with Gasteiger partial charge in [-0.05, 0) is 37.5 Å². The summed E-state index contributed by atoms with van der Waals surface area (Å²) in [6.45, 7) is 8.72. The van der Waals surface area contributed by atoms with Gasteiger partial charge in [-0.3, -0.25) is 9.59 Å². The first-order chi connectivity index (χ1) is 24.6. The van der Waals surface area contributed by atoms with Crippen LogP contribution in [0.4, 0.5) is 0 Å². The van der Waals surface area contributed by atoms with Gasteiger partial charge < -0.3 is 15.4 Å². The first-order valence-corrected chi connectivity index (χ1v) is 22.0. The molecule has 0 unspecified atom stereocenters. The summed E-state index contributed by atoms with van der Waals surface area (Å²) in [6, 6.07) is 5.32. The quantitative estimate of drug-likeness (QED) is 0.0680. The Labute approximate surface area is 310 Å². The zero-order valence-corrected chi connectivity index (χ0v) is 33.5. The number of amides is 2. The topological polar surface area (TPSA) is 67.4 Å². The van der Waals surface area contributed by atoms with Crippen molar-refractivity contribution in [3.8, 4) is 5.75 Å². The van der Waals surface area contributed by atoms with E-state index in [2.05, 4.69) is 31.4 Å². The van der Waals surface area contributed by atoms with E-state index in [1.165, 1.54) is 161 Å². The number of carbonyl (C=O) groups excluding carboxylic acids is 2. The summed E-state index contributed by atoms with van der Waals surface area (Å²) < 4.78 is 6.18. The number of nitrogens with one attached hydrogen (secondary N) is 2. The first kappa shape index (κ1) is 46.0. The number of carbonyl (C=O) groups is 2. The number of hydrogen-bond donors (Lipinski definition) is 2. The van der Waals surface area contributed by atoms with Crippen LogP contribution >= 0.6 is 0 Å². The summed E-state index contributed by atoms with van der Waals surface area (Å²) in [7, 11) is 0. The monoisotopic (exact) mass is 699 g/mol. The molecule has 0 fully saturated rings.